The van der Waals surface area contributed by atoms with Crippen LogP contribution in [0.15, 0.2) is 6.07 Å². The minimum Gasteiger partial charge on any atom is -0.507 e. The normalized spacial score (nSPS) is 12.1. The van der Waals surface area contributed by atoms with Crippen molar-refractivity contribution in [3.05, 3.63) is 39.4 Å². The molecule has 2 aromatic carbocycles. The molecule has 0 saturated heterocycles. The highest BCUT2D eigenvalue weighted by Crippen LogP contribution is 2.49. The van der Waals surface area contributed by atoms with Gasteiger partial charge in [-0.15, -0.1) is 0 Å². The molecule has 0 aliphatic carbocycles. The lowest BCUT2D eigenvalue weighted by Crippen LogP contribution is -2.12. The van der Waals surface area contributed by atoms with Gasteiger partial charge in [0.25, 0.3) is 0 Å². The summed E-state index contributed by atoms with van der Waals surface area (Å²) in [5, 5.41) is 29.9. The van der Waals surface area contributed by atoms with Gasteiger partial charge >= 0.3 is 11.9 Å². The van der Waals surface area contributed by atoms with Gasteiger partial charge in [0, 0.05) is 7.11 Å². The summed E-state index contributed by atoms with van der Waals surface area (Å²) in [4.78, 5) is 47.5. The van der Waals surface area contributed by atoms with Gasteiger partial charge in [-0.2, -0.15) is 0 Å². The lowest BCUT2D eigenvalue weighted by molar-refractivity contribution is 0.0689. The van der Waals surface area contributed by atoms with Crippen molar-refractivity contribution in [1.29, 1.82) is 0 Å². The van der Waals surface area contributed by atoms with Gasteiger partial charge < -0.3 is 29.5 Å². The number of carboxylic acid groups (broad SMARTS) is 1. The molecule has 10 heteroatoms. The third-order valence-corrected chi connectivity index (χ3v) is 4.35. The van der Waals surface area contributed by atoms with Crippen LogP contribution in [0.5, 0.6) is 28.7 Å². The van der Waals surface area contributed by atoms with E-state index >= 15 is 0 Å². The lowest BCUT2D eigenvalue weighted by atomic mass is 10.00. The number of benzene rings is 2. The molecule has 1 heterocycles. The fraction of sp³-hybridized carbons (Fsp3) is 0.158. The summed E-state index contributed by atoms with van der Waals surface area (Å²) in [7, 11) is 1.25. The van der Waals surface area contributed by atoms with Gasteiger partial charge in [0.15, 0.2) is 29.8 Å². The first-order chi connectivity index (χ1) is 13.8. The average Bonchev–Trinajstić information content (AvgIpc) is 2.80. The van der Waals surface area contributed by atoms with Crippen LogP contribution in [-0.2, 0) is 11.3 Å². The van der Waals surface area contributed by atoms with Crippen LogP contribution in [0.2, 0.25) is 0 Å². The van der Waals surface area contributed by atoms with Crippen LogP contribution in [0.3, 0.4) is 0 Å². The number of ether oxygens (including phenoxy) is 3. The number of carbonyl (C=O) groups is 4. The minimum absolute atomic E-state index is 0.105. The standard InChI is InChI=1S/C19H14O10/c1-7-3-11(22)8(4-20)15-12(7)19(26)29-17-10(6-27-2)14(23)13(18(24)25)9(5-21)16(17)28-15/h3-5,22-23H,6H2,1-2H3,(H,24,25). The molecule has 0 radical (unpaired) electrons. The number of phenolic OH excluding ortho intramolecular Hbond substituents is 1. The predicted molar refractivity (Wildman–Crippen MR) is 94.4 cm³/mol. The first kappa shape index (κ1) is 19.8. The van der Waals surface area contributed by atoms with E-state index in [1.54, 1.807) is 0 Å². The molecule has 3 N–H and O–H groups in total. The number of carboxylic acids is 1. The van der Waals surface area contributed by atoms with Crippen molar-refractivity contribution in [3.63, 3.8) is 0 Å². The molecule has 2 aromatic rings. The van der Waals surface area contributed by atoms with E-state index in [0.717, 1.165) is 6.07 Å². The number of hydrogen-bond acceptors (Lipinski definition) is 9. The smallest absolute Gasteiger partial charge is 0.347 e. The van der Waals surface area contributed by atoms with E-state index in [9.17, 15) is 34.5 Å². The zero-order valence-corrected chi connectivity index (χ0v) is 15.1. The summed E-state index contributed by atoms with van der Waals surface area (Å²) in [5.74, 6) is -5.33. The first-order valence-corrected chi connectivity index (χ1v) is 8.07. The van der Waals surface area contributed by atoms with Crippen molar-refractivity contribution in [1.82, 2.24) is 0 Å². The Hall–Kier alpha value is -3.92. The molecule has 3 rings (SSSR count). The molecular formula is C19H14O10. The molecular weight excluding hydrogens is 388 g/mol. The Morgan fingerprint density at radius 3 is 2.31 bits per heavy atom. The largest absolute Gasteiger partial charge is 0.507 e. The number of aryl methyl sites for hydroxylation is 1. The molecule has 1 aliphatic heterocycles. The summed E-state index contributed by atoms with van der Waals surface area (Å²) in [6.45, 7) is 1.07. The zero-order valence-electron chi connectivity index (χ0n) is 15.1. The molecule has 0 spiro atoms. The van der Waals surface area contributed by atoms with Crippen LogP contribution in [-0.4, -0.2) is 46.9 Å². The van der Waals surface area contributed by atoms with Crippen LogP contribution in [0.1, 0.15) is 52.6 Å². The minimum atomic E-state index is -1.65. The molecule has 0 fully saturated rings. The van der Waals surface area contributed by atoms with Crippen molar-refractivity contribution >= 4 is 24.5 Å². The quantitative estimate of drug-likeness (QED) is 0.385. The Morgan fingerprint density at radius 2 is 1.76 bits per heavy atom. The second-order valence-electron chi connectivity index (χ2n) is 6.07. The van der Waals surface area contributed by atoms with Crippen molar-refractivity contribution < 1.29 is 48.7 Å². The Bertz CT molecular complexity index is 1080. The zero-order chi connectivity index (χ0) is 21.5. The van der Waals surface area contributed by atoms with E-state index in [1.165, 1.54) is 14.0 Å². The number of hydrogen-bond donors (Lipinski definition) is 3. The molecule has 1 aliphatic rings. The van der Waals surface area contributed by atoms with E-state index < -0.39 is 57.4 Å². The molecule has 29 heavy (non-hydrogen) atoms. The maximum absolute atomic E-state index is 12.7. The monoisotopic (exact) mass is 402 g/mol. The SMILES string of the molecule is COCc1c(O)c(C(=O)O)c(C=O)c2c1OC(=O)c1c(C)cc(O)c(C=O)c1O2. The van der Waals surface area contributed by atoms with Gasteiger partial charge in [0.1, 0.15) is 22.6 Å². The number of aromatic carboxylic acids is 1. The number of aromatic hydroxyl groups is 2. The van der Waals surface area contributed by atoms with Crippen LogP contribution in [0.4, 0.5) is 0 Å². The Balaban J connectivity index is 2.47. The highest BCUT2D eigenvalue weighted by Gasteiger charge is 2.36. The van der Waals surface area contributed by atoms with Crippen molar-refractivity contribution in [2.24, 2.45) is 0 Å². The van der Waals surface area contributed by atoms with Crippen LogP contribution >= 0.6 is 0 Å². The average molecular weight is 402 g/mol. The van der Waals surface area contributed by atoms with E-state index in [4.69, 9.17) is 14.2 Å². The van der Waals surface area contributed by atoms with Gasteiger partial charge in [0.2, 0.25) is 0 Å². The summed E-state index contributed by atoms with van der Waals surface area (Å²) < 4.78 is 15.8. The van der Waals surface area contributed by atoms with Crippen LogP contribution in [0.25, 0.3) is 0 Å². The molecule has 0 aromatic heterocycles. The summed E-state index contributed by atoms with van der Waals surface area (Å²) in [6, 6.07) is 1.15. The maximum Gasteiger partial charge on any atom is 0.347 e. The number of aldehydes is 2. The third-order valence-electron chi connectivity index (χ3n) is 4.35. The van der Waals surface area contributed by atoms with E-state index in [0.29, 0.717) is 0 Å². The van der Waals surface area contributed by atoms with Gasteiger partial charge in [-0.1, -0.05) is 0 Å². The fourth-order valence-corrected chi connectivity index (χ4v) is 3.08. The summed E-state index contributed by atoms with van der Waals surface area (Å²) >= 11 is 0. The Morgan fingerprint density at radius 1 is 1.10 bits per heavy atom. The number of phenols is 2. The predicted octanol–water partition coefficient (Wildman–Crippen LogP) is 2.20. The Labute approximate surface area is 162 Å². The fourth-order valence-electron chi connectivity index (χ4n) is 3.08. The van der Waals surface area contributed by atoms with Crippen molar-refractivity contribution in [2.45, 2.75) is 13.5 Å². The summed E-state index contributed by atoms with van der Waals surface area (Å²) in [6.07, 6.45) is 0.342. The first-order valence-electron chi connectivity index (χ1n) is 8.07. The summed E-state index contributed by atoms with van der Waals surface area (Å²) in [5.41, 5.74) is -2.08. The van der Waals surface area contributed by atoms with E-state index in [1.807, 2.05) is 0 Å². The molecule has 10 nitrogen and oxygen atoms in total. The molecule has 0 bridgehead atoms. The van der Waals surface area contributed by atoms with Gasteiger partial charge in [-0.25, -0.2) is 9.59 Å². The molecule has 0 unspecified atom stereocenters. The van der Waals surface area contributed by atoms with E-state index in [2.05, 4.69) is 0 Å². The highest BCUT2D eigenvalue weighted by molar-refractivity contribution is 6.06. The van der Waals surface area contributed by atoms with Crippen LogP contribution in [0, 0.1) is 6.92 Å². The maximum atomic E-state index is 12.7. The second-order valence-corrected chi connectivity index (χ2v) is 6.07. The molecule has 0 atom stereocenters. The number of fused-ring (bicyclic) bond motifs is 2. The number of methoxy groups -OCH3 is 1. The second kappa shape index (κ2) is 7.24. The Kier molecular flexibility index (Phi) is 4.95. The van der Waals surface area contributed by atoms with Gasteiger partial charge in [-0.3, -0.25) is 9.59 Å². The van der Waals surface area contributed by atoms with E-state index in [-0.39, 0.29) is 35.9 Å². The topological polar surface area (TPSA) is 157 Å². The van der Waals surface area contributed by atoms with Gasteiger partial charge in [0.05, 0.1) is 23.3 Å². The van der Waals surface area contributed by atoms with Crippen LogP contribution < -0.4 is 9.47 Å². The van der Waals surface area contributed by atoms with Crippen molar-refractivity contribution in [2.75, 3.05) is 7.11 Å². The number of rotatable bonds is 5. The highest BCUT2D eigenvalue weighted by atomic mass is 16.6. The molecule has 0 amide bonds. The molecule has 0 saturated carbocycles. The number of esters is 1. The lowest BCUT2D eigenvalue weighted by Gasteiger charge is -2.17. The molecule has 150 valence electrons. The van der Waals surface area contributed by atoms with Gasteiger partial charge in [-0.05, 0) is 18.6 Å². The van der Waals surface area contributed by atoms with Crippen molar-refractivity contribution in [3.8, 4) is 28.7 Å². The third kappa shape index (κ3) is 2.95. The number of carbonyl (C=O) groups excluding carboxylic acids is 3.